The average molecular weight is 267 g/mol. The lowest BCUT2D eigenvalue weighted by Gasteiger charge is -2.42. The van der Waals surface area contributed by atoms with Gasteiger partial charge in [-0.1, -0.05) is 24.8 Å². The van der Waals surface area contributed by atoms with Gasteiger partial charge in [-0.05, 0) is 6.92 Å². The normalized spacial score (nSPS) is 18.3. The zero-order chi connectivity index (χ0) is 15.2. The maximum atomic E-state index is 11.8. The molecule has 0 aliphatic carbocycles. The van der Waals surface area contributed by atoms with Gasteiger partial charge in [0.1, 0.15) is 23.9 Å². The van der Waals surface area contributed by atoms with Gasteiger partial charge in [-0.2, -0.15) is 0 Å². The first-order chi connectivity index (χ1) is 8.77. The summed E-state index contributed by atoms with van der Waals surface area (Å²) in [6.45, 7) is 15.1. The summed E-state index contributed by atoms with van der Waals surface area (Å²) in [5.74, 6) is -0.622. The molecule has 0 bridgehead atoms. The maximum absolute atomic E-state index is 11.8. The number of carbonyl (C=O) groups excluding carboxylic acids is 1. The first kappa shape index (κ1) is 17.3. The van der Waals surface area contributed by atoms with E-state index in [2.05, 4.69) is 31.6 Å². The van der Waals surface area contributed by atoms with Crippen LogP contribution >= 0.6 is 0 Å². The monoisotopic (exact) mass is 267 g/mol. The molecule has 0 aliphatic heterocycles. The molecule has 0 heterocycles. The predicted octanol–water partition coefficient (Wildman–Crippen LogP) is 0.0582. The van der Waals surface area contributed by atoms with Crippen molar-refractivity contribution in [2.75, 3.05) is 0 Å². The van der Waals surface area contributed by atoms with Crippen molar-refractivity contribution < 1.29 is 20.1 Å². The van der Waals surface area contributed by atoms with Crippen molar-refractivity contribution in [3.05, 3.63) is 50.1 Å². The van der Waals surface area contributed by atoms with Gasteiger partial charge in [-0.3, -0.25) is 4.79 Å². The van der Waals surface area contributed by atoms with E-state index in [1.807, 2.05) is 0 Å². The van der Waals surface area contributed by atoms with Crippen LogP contribution in [0.2, 0.25) is 0 Å². The second kappa shape index (κ2) is 7.04. The minimum absolute atomic E-state index is 0.160. The van der Waals surface area contributed by atoms with Crippen LogP contribution in [0.3, 0.4) is 0 Å². The van der Waals surface area contributed by atoms with Gasteiger partial charge in [-0.25, -0.2) is 0 Å². The lowest BCUT2D eigenvalue weighted by atomic mass is 9.80. The van der Waals surface area contributed by atoms with Crippen molar-refractivity contribution in [2.24, 2.45) is 0 Å². The van der Waals surface area contributed by atoms with E-state index in [-0.39, 0.29) is 5.57 Å². The van der Waals surface area contributed by atoms with Crippen LogP contribution in [0.15, 0.2) is 50.1 Å². The standard InChI is InChI=1S/C14H21NO4/c1-6-10(16)14(11(17)7-2,12(18)8-3)15-13(19)9(4)5/h6-8,10-12,16-18H,1-4H2,5H3,(H,15,19). The average Bonchev–Trinajstić information content (AvgIpc) is 2.41. The predicted molar refractivity (Wildman–Crippen MR) is 74.3 cm³/mol. The van der Waals surface area contributed by atoms with Gasteiger partial charge in [0.15, 0.2) is 0 Å². The number of hydrogen-bond acceptors (Lipinski definition) is 4. The number of amides is 1. The van der Waals surface area contributed by atoms with Crippen LogP contribution in [0, 0.1) is 0 Å². The highest BCUT2D eigenvalue weighted by molar-refractivity contribution is 5.93. The van der Waals surface area contributed by atoms with Gasteiger partial charge in [-0.15, -0.1) is 19.7 Å². The Bertz CT molecular complexity index is 353. The van der Waals surface area contributed by atoms with Crippen LogP contribution < -0.4 is 5.32 Å². The van der Waals surface area contributed by atoms with Crippen molar-refractivity contribution >= 4 is 5.91 Å². The third-order valence-corrected chi connectivity index (χ3v) is 2.86. The third-order valence-electron chi connectivity index (χ3n) is 2.86. The Morgan fingerprint density at radius 1 is 1.05 bits per heavy atom. The third kappa shape index (κ3) is 3.41. The summed E-state index contributed by atoms with van der Waals surface area (Å²) in [6, 6.07) is 0. The molecular weight excluding hydrogens is 246 g/mol. The molecule has 0 aromatic heterocycles. The molecule has 0 radical (unpaired) electrons. The number of carbonyl (C=O) groups is 1. The summed E-state index contributed by atoms with van der Waals surface area (Å²) in [5.41, 5.74) is -1.66. The number of nitrogens with one attached hydrogen (secondary N) is 1. The van der Waals surface area contributed by atoms with Crippen molar-refractivity contribution in [1.29, 1.82) is 0 Å². The molecule has 106 valence electrons. The molecule has 0 saturated heterocycles. The molecule has 0 saturated carbocycles. The molecule has 0 fully saturated rings. The van der Waals surface area contributed by atoms with E-state index in [0.717, 1.165) is 18.2 Å². The number of rotatable bonds is 8. The van der Waals surface area contributed by atoms with E-state index in [1.165, 1.54) is 6.92 Å². The first-order valence-corrected chi connectivity index (χ1v) is 5.67. The summed E-state index contributed by atoms with van der Waals surface area (Å²) in [4.78, 5) is 11.8. The smallest absolute Gasteiger partial charge is 0.247 e. The lowest BCUT2D eigenvalue weighted by molar-refractivity contribution is -0.126. The second-order valence-electron chi connectivity index (χ2n) is 4.21. The van der Waals surface area contributed by atoms with Crippen molar-refractivity contribution in [3.63, 3.8) is 0 Å². The van der Waals surface area contributed by atoms with E-state index >= 15 is 0 Å². The van der Waals surface area contributed by atoms with Gasteiger partial charge in [0.2, 0.25) is 5.91 Å². The minimum Gasteiger partial charge on any atom is -0.386 e. The fourth-order valence-electron chi connectivity index (χ4n) is 1.64. The molecule has 5 nitrogen and oxygen atoms in total. The summed E-state index contributed by atoms with van der Waals surface area (Å²) >= 11 is 0. The maximum Gasteiger partial charge on any atom is 0.247 e. The van der Waals surface area contributed by atoms with E-state index in [0.29, 0.717) is 0 Å². The lowest BCUT2D eigenvalue weighted by Crippen LogP contribution is -2.69. The number of aliphatic hydroxyl groups is 3. The SMILES string of the molecule is C=CC(O)C(NC(=O)C(=C)C)(C(O)C=C)C(O)C=C. The Labute approximate surface area is 113 Å². The number of aliphatic hydroxyl groups excluding tert-OH is 3. The molecule has 1 amide bonds. The van der Waals surface area contributed by atoms with Crippen LogP contribution in [0.4, 0.5) is 0 Å². The van der Waals surface area contributed by atoms with Crippen LogP contribution in [0.1, 0.15) is 6.92 Å². The minimum atomic E-state index is -1.82. The summed E-state index contributed by atoms with van der Waals surface area (Å²) in [5, 5.41) is 32.5. The van der Waals surface area contributed by atoms with Crippen LogP contribution in [0.5, 0.6) is 0 Å². The fourth-order valence-corrected chi connectivity index (χ4v) is 1.64. The zero-order valence-electron chi connectivity index (χ0n) is 11.0. The van der Waals surface area contributed by atoms with Gasteiger partial charge in [0.25, 0.3) is 0 Å². The van der Waals surface area contributed by atoms with Crippen LogP contribution in [-0.2, 0) is 4.79 Å². The van der Waals surface area contributed by atoms with Gasteiger partial charge < -0.3 is 20.6 Å². The Balaban J connectivity index is 5.81. The van der Waals surface area contributed by atoms with Crippen LogP contribution in [0.25, 0.3) is 0 Å². The summed E-state index contributed by atoms with van der Waals surface area (Å²) < 4.78 is 0. The molecule has 0 aromatic carbocycles. The molecule has 0 aliphatic rings. The molecule has 4 N–H and O–H groups in total. The van der Waals surface area contributed by atoms with Crippen molar-refractivity contribution in [3.8, 4) is 0 Å². The van der Waals surface area contributed by atoms with Gasteiger partial charge in [0, 0.05) is 5.57 Å². The van der Waals surface area contributed by atoms with Gasteiger partial charge in [0.05, 0.1) is 0 Å². The molecular formula is C14H21NO4. The van der Waals surface area contributed by atoms with E-state index in [9.17, 15) is 20.1 Å². The van der Waals surface area contributed by atoms with Crippen LogP contribution in [-0.4, -0.2) is 45.1 Å². The zero-order valence-corrected chi connectivity index (χ0v) is 11.0. The largest absolute Gasteiger partial charge is 0.386 e. The molecule has 0 spiro atoms. The highest BCUT2D eigenvalue weighted by Gasteiger charge is 2.48. The highest BCUT2D eigenvalue weighted by atomic mass is 16.3. The van der Waals surface area contributed by atoms with E-state index in [4.69, 9.17) is 0 Å². The molecule has 0 aromatic rings. The Hall–Kier alpha value is -1.69. The van der Waals surface area contributed by atoms with Gasteiger partial charge >= 0.3 is 0 Å². The highest BCUT2D eigenvalue weighted by Crippen LogP contribution is 2.24. The molecule has 5 heteroatoms. The molecule has 3 unspecified atom stereocenters. The Kier molecular flexibility index (Phi) is 6.41. The molecule has 0 rings (SSSR count). The van der Waals surface area contributed by atoms with E-state index in [1.54, 1.807) is 0 Å². The second-order valence-corrected chi connectivity index (χ2v) is 4.21. The first-order valence-electron chi connectivity index (χ1n) is 5.67. The molecule has 3 atom stereocenters. The molecule has 19 heavy (non-hydrogen) atoms. The number of hydrogen-bond donors (Lipinski definition) is 4. The van der Waals surface area contributed by atoms with Crippen molar-refractivity contribution in [1.82, 2.24) is 5.32 Å². The quantitative estimate of drug-likeness (QED) is 0.370. The Morgan fingerprint density at radius 2 is 1.37 bits per heavy atom. The fraction of sp³-hybridized carbons (Fsp3) is 0.357. The summed E-state index contributed by atoms with van der Waals surface area (Å²) in [7, 11) is 0. The topological polar surface area (TPSA) is 89.8 Å². The summed E-state index contributed by atoms with van der Waals surface area (Å²) in [6.07, 6.45) is -0.973. The van der Waals surface area contributed by atoms with E-state index < -0.39 is 29.8 Å². The van der Waals surface area contributed by atoms with Crippen molar-refractivity contribution in [2.45, 2.75) is 30.8 Å². The Morgan fingerprint density at radius 3 is 1.58 bits per heavy atom.